The lowest BCUT2D eigenvalue weighted by Crippen LogP contribution is -2.51. The van der Waals surface area contributed by atoms with E-state index in [1.807, 2.05) is 0 Å². The van der Waals surface area contributed by atoms with Crippen molar-refractivity contribution in [2.75, 3.05) is 11.2 Å². The number of nitro groups is 1. The molecule has 0 aliphatic heterocycles. The second-order valence-electron chi connectivity index (χ2n) is 6.27. The Hall–Kier alpha value is -1.96. The Bertz CT molecular complexity index is 1110. The maximum absolute atomic E-state index is 14.7. The number of carbonyl (C=O) groups excluding carboxylic acids is 1. The third-order valence-electron chi connectivity index (χ3n) is 4.11. The zero-order chi connectivity index (χ0) is 24.8. The van der Waals surface area contributed by atoms with Gasteiger partial charge in [0.15, 0.2) is 0 Å². The summed E-state index contributed by atoms with van der Waals surface area (Å²) in [7, 11) is -11.0. The van der Waals surface area contributed by atoms with E-state index in [1.54, 1.807) is 0 Å². The molecule has 5 nitrogen and oxygen atoms in total. The number of hydrogen-bond donors (Lipinski definition) is 1. The molecule has 178 valence electrons. The van der Waals surface area contributed by atoms with Gasteiger partial charge in [-0.25, -0.2) is 4.39 Å². The van der Waals surface area contributed by atoms with Gasteiger partial charge in [-0.1, -0.05) is 41.4 Å². The van der Waals surface area contributed by atoms with Crippen molar-refractivity contribution in [3.05, 3.63) is 63.2 Å². The van der Waals surface area contributed by atoms with Crippen LogP contribution in [0.4, 0.5) is 40.1 Å². The molecular weight excluding hydrogens is 540 g/mol. The number of nitro benzene ring substituents is 1. The van der Waals surface area contributed by atoms with E-state index in [2.05, 4.69) is 11.6 Å². The molecule has 2 aromatic carbocycles. The number of benzene rings is 2. The van der Waals surface area contributed by atoms with E-state index in [0.717, 1.165) is 24.3 Å². The van der Waals surface area contributed by atoms with Crippen molar-refractivity contribution in [2.45, 2.75) is 15.3 Å². The SMILES string of the molecule is O=C(Nc1ccccc1S(F)(F)(F)(F)C(F)(F)C(F)(Cl)CCl)c1cccc([N+](=O)[O-])c1Cl. The predicted octanol–water partition coefficient (Wildman–Crippen LogP) is 8.01. The van der Waals surface area contributed by atoms with Gasteiger partial charge in [-0.3, -0.25) is 14.9 Å². The number of anilines is 1. The van der Waals surface area contributed by atoms with Gasteiger partial charge in [-0.05, 0) is 18.2 Å². The van der Waals surface area contributed by atoms with Crippen molar-refractivity contribution in [1.29, 1.82) is 0 Å². The van der Waals surface area contributed by atoms with Crippen LogP contribution in [0.1, 0.15) is 10.4 Å². The van der Waals surface area contributed by atoms with E-state index < -0.39 is 63.8 Å². The average Bonchev–Trinajstić information content (AvgIpc) is 2.67. The summed E-state index contributed by atoms with van der Waals surface area (Å²) in [6.07, 6.45) is 0. The number of hydrogen-bond acceptors (Lipinski definition) is 3. The molecule has 0 heterocycles. The van der Waals surface area contributed by atoms with Gasteiger partial charge in [0.1, 0.15) is 9.92 Å². The van der Waals surface area contributed by atoms with Crippen LogP contribution in [-0.2, 0) is 0 Å². The van der Waals surface area contributed by atoms with Crippen LogP contribution in [0, 0.1) is 10.1 Å². The molecule has 0 saturated heterocycles. The first kappa shape index (κ1) is 26.3. The number of alkyl halides is 5. The Morgan fingerprint density at radius 3 is 2.16 bits per heavy atom. The topological polar surface area (TPSA) is 72.2 Å². The third-order valence-corrected chi connectivity index (χ3v) is 8.09. The highest BCUT2D eigenvalue weighted by Gasteiger charge is 2.89. The monoisotopic (exact) mass is 548 g/mol. The lowest BCUT2D eigenvalue weighted by Gasteiger charge is -2.56. The Labute approximate surface area is 190 Å². The van der Waals surface area contributed by atoms with Gasteiger partial charge < -0.3 is 5.32 Å². The minimum absolute atomic E-state index is 0.151. The number of halogens is 10. The van der Waals surface area contributed by atoms with Crippen molar-refractivity contribution in [3.63, 3.8) is 0 Å². The molecule has 0 bridgehead atoms. The van der Waals surface area contributed by atoms with Gasteiger partial charge in [0, 0.05) is 6.07 Å². The maximum atomic E-state index is 14.7. The highest BCUT2D eigenvalue weighted by atomic mass is 35.5. The molecule has 32 heavy (non-hydrogen) atoms. The van der Waals surface area contributed by atoms with Crippen LogP contribution in [0.25, 0.3) is 0 Å². The summed E-state index contributed by atoms with van der Waals surface area (Å²) in [5, 5.41) is -0.218. The highest BCUT2D eigenvalue weighted by molar-refractivity contribution is 8.50. The number of nitrogens with one attached hydrogen (secondary N) is 1. The molecule has 0 aliphatic rings. The second kappa shape index (κ2) is 7.54. The fraction of sp³-hybridized carbons (Fsp3) is 0.188. The van der Waals surface area contributed by atoms with E-state index in [-0.39, 0.29) is 6.07 Å². The first-order chi connectivity index (χ1) is 14.3. The van der Waals surface area contributed by atoms with E-state index in [0.29, 0.717) is 12.1 Å². The molecular formula is C16H10Cl3F7N2O3S. The summed E-state index contributed by atoms with van der Waals surface area (Å²) in [4.78, 5) is 19.6. The van der Waals surface area contributed by atoms with Crippen LogP contribution >= 0.6 is 44.6 Å². The van der Waals surface area contributed by atoms with Crippen molar-refractivity contribution in [1.82, 2.24) is 0 Å². The molecule has 1 unspecified atom stereocenters. The van der Waals surface area contributed by atoms with Crippen molar-refractivity contribution < 1.29 is 38.4 Å². The normalized spacial score (nSPS) is 16.4. The third kappa shape index (κ3) is 3.95. The molecule has 16 heteroatoms. The van der Waals surface area contributed by atoms with Gasteiger partial charge in [0.2, 0.25) is 9.84 Å². The molecule has 2 aromatic rings. The zero-order valence-electron chi connectivity index (χ0n) is 15.1. The summed E-state index contributed by atoms with van der Waals surface area (Å²) in [5.41, 5.74) is -3.05. The summed E-state index contributed by atoms with van der Waals surface area (Å²) in [6, 6.07) is 4.32. The summed E-state index contributed by atoms with van der Waals surface area (Å²) >= 11 is 15.1. The Morgan fingerprint density at radius 2 is 1.62 bits per heavy atom. The van der Waals surface area contributed by atoms with Crippen LogP contribution in [0.15, 0.2) is 47.4 Å². The number of nitrogens with zero attached hydrogens (tertiary/aromatic N) is 1. The number of amides is 1. The summed E-state index contributed by atoms with van der Waals surface area (Å²) in [5.74, 6) is -3.65. The van der Waals surface area contributed by atoms with Gasteiger partial charge in [-0.15, -0.1) is 27.1 Å². The van der Waals surface area contributed by atoms with Crippen LogP contribution in [0.3, 0.4) is 0 Å². The van der Waals surface area contributed by atoms with Gasteiger partial charge in [-0.2, -0.15) is 8.78 Å². The first-order valence-corrected chi connectivity index (χ1v) is 11.3. The second-order valence-corrected chi connectivity index (χ2v) is 10.6. The smallest absolute Gasteiger partial charge is 0.321 e. The predicted molar refractivity (Wildman–Crippen MR) is 108 cm³/mol. The number of para-hydroxylation sites is 1. The van der Waals surface area contributed by atoms with Crippen molar-refractivity contribution in [2.24, 2.45) is 0 Å². The molecule has 0 saturated carbocycles. The standard InChI is InChI=1S/C16H10Cl3F7N2O3S/c17-8-15(19,20)16(21,22)32(23,24,25,26)12-7-2-1-5-10(12)27-14(29)9-4-3-6-11(13(9)18)28(30)31/h1-7H,8H2,(H,27,29). The van der Waals surface area contributed by atoms with Crippen LogP contribution in [-0.4, -0.2) is 27.1 Å². The largest absolute Gasteiger partial charge is 0.405 e. The average molecular weight is 550 g/mol. The van der Waals surface area contributed by atoms with E-state index in [1.165, 1.54) is 5.32 Å². The Morgan fingerprint density at radius 1 is 1.06 bits per heavy atom. The van der Waals surface area contributed by atoms with Gasteiger partial charge in [0.05, 0.1) is 22.1 Å². The van der Waals surface area contributed by atoms with E-state index in [4.69, 9.17) is 23.2 Å². The lowest BCUT2D eigenvalue weighted by atomic mass is 10.2. The Kier molecular flexibility index (Phi) is 6.19. The van der Waals surface area contributed by atoms with Crippen LogP contribution in [0.2, 0.25) is 5.02 Å². The summed E-state index contributed by atoms with van der Waals surface area (Å²) < 4.78 is 101. The van der Waals surface area contributed by atoms with E-state index >= 15 is 0 Å². The van der Waals surface area contributed by atoms with Crippen molar-refractivity contribution >= 4 is 61.9 Å². The van der Waals surface area contributed by atoms with Crippen LogP contribution in [0.5, 0.6) is 0 Å². The molecule has 0 aliphatic carbocycles. The summed E-state index contributed by atoms with van der Waals surface area (Å²) in [6.45, 7) is 0. The quantitative estimate of drug-likeness (QED) is 0.165. The van der Waals surface area contributed by atoms with E-state index in [9.17, 15) is 43.6 Å². The molecule has 1 atom stereocenters. The number of rotatable bonds is 7. The molecule has 1 N–H and O–H groups in total. The van der Waals surface area contributed by atoms with Crippen molar-refractivity contribution in [3.8, 4) is 0 Å². The highest BCUT2D eigenvalue weighted by Crippen LogP contribution is 3.08. The minimum Gasteiger partial charge on any atom is -0.321 e. The maximum Gasteiger partial charge on any atom is 0.405 e. The van der Waals surface area contributed by atoms with Gasteiger partial charge >= 0.3 is 5.25 Å². The molecule has 0 aromatic heterocycles. The first-order valence-electron chi connectivity index (χ1n) is 7.96. The molecule has 0 radical (unpaired) electrons. The zero-order valence-corrected chi connectivity index (χ0v) is 18.2. The molecule has 0 fully saturated rings. The minimum atomic E-state index is -11.0. The molecule has 2 rings (SSSR count). The Balaban J connectivity index is 2.68. The fourth-order valence-electron chi connectivity index (χ4n) is 2.47. The van der Waals surface area contributed by atoms with Gasteiger partial charge in [0.25, 0.3) is 16.7 Å². The molecule has 1 amide bonds. The van der Waals surface area contributed by atoms with Crippen LogP contribution < -0.4 is 5.32 Å². The number of carbonyl (C=O) groups is 1. The lowest BCUT2D eigenvalue weighted by molar-refractivity contribution is -0.384. The molecule has 0 spiro atoms. The fourth-order valence-corrected chi connectivity index (χ4v) is 5.33.